The van der Waals surface area contributed by atoms with Crippen molar-refractivity contribution < 1.29 is 9.53 Å². The number of ether oxygens (including phenoxy) is 1. The van der Waals surface area contributed by atoms with Crippen molar-refractivity contribution in [2.75, 3.05) is 11.9 Å². The van der Waals surface area contributed by atoms with E-state index in [4.69, 9.17) is 4.74 Å². The van der Waals surface area contributed by atoms with Crippen LogP contribution in [-0.2, 0) is 11.3 Å². The molecule has 0 aliphatic heterocycles. The third-order valence-corrected chi connectivity index (χ3v) is 3.79. The number of hydrogen-bond acceptors (Lipinski definition) is 3. The van der Waals surface area contributed by atoms with E-state index in [1.54, 1.807) is 18.3 Å². The molecule has 0 aliphatic carbocycles. The van der Waals surface area contributed by atoms with Crippen LogP contribution in [0.15, 0.2) is 41.3 Å². The lowest BCUT2D eigenvalue weighted by atomic mass is 9.98. The Bertz CT molecular complexity index is 778. The lowest BCUT2D eigenvalue weighted by Crippen LogP contribution is -2.28. The van der Waals surface area contributed by atoms with E-state index < -0.39 is 0 Å². The van der Waals surface area contributed by atoms with Crippen LogP contribution in [0.4, 0.5) is 5.69 Å². The SMILES string of the molecule is CCOc1cccn(CC(=O)Nc2c(C)cccc2C(C)C)c1=O. The van der Waals surface area contributed by atoms with E-state index in [0.717, 1.165) is 16.8 Å². The fraction of sp³-hybridized carbons (Fsp3) is 0.368. The molecule has 24 heavy (non-hydrogen) atoms. The maximum atomic E-state index is 12.4. The van der Waals surface area contributed by atoms with Gasteiger partial charge in [0.1, 0.15) is 6.54 Å². The summed E-state index contributed by atoms with van der Waals surface area (Å²) in [5.41, 5.74) is 2.61. The Morgan fingerprint density at radius 1 is 1.25 bits per heavy atom. The zero-order valence-corrected chi connectivity index (χ0v) is 14.6. The minimum Gasteiger partial charge on any atom is -0.488 e. The second-order valence-corrected chi connectivity index (χ2v) is 5.98. The van der Waals surface area contributed by atoms with E-state index >= 15 is 0 Å². The lowest BCUT2D eigenvalue weighted by Gasteiger charge is -2.17. The number of hydrogen-bond donors (Lipinski definition) is 1. The first-order valence-electron chi connectivity index (χ1n) is 8.15. The Hall–Kier alpha value is -2.56. The van der Waals surface area contributed by atoms with Gasteiger partial charge < -0.3 is 14.6 Å². The van der Waals surface area contributed by atoms with Crippen LogP contribution in [0.5, 0.6) is 5.75 Å². The molecule has 2 aromatic rings. The molecule has 2 rings (SSSR count). The summed E-state index contributed by atoms with van der Waals surface area (Å²) in [6.07, 6.45) is 1.59. The van der Waals surface area contributed by atoms with Crippen LogP contribution in [0, 0.1) is 6.92 Å². The summed E-state index contributed by atoms with van der Waals surface area (Å²) in [5, 5.41) is 2.95. The van der Waals surface area contributed by atoms with Crippen LogP contribution >= 0.6 is 0 Å². The maximum Gasteiger partial charge on any atom is 0.293 e. The first kappa shape index (κ1) is 17.8. The average Bonchev–Trinajstić information content (AvgIpc) is 2.53. The van der Waals surface area contributed by atoms with Gasteiger partial charge in [0, 0.05) is 11.9 Å². The summed E-state index contributed by atoms with van der Waals surface area (Å²) in [5.74, 6) is 0.317. The first-order valence-corrected chi connectivity index (χ1v) is 8.15. The Kier molecular flexibility index (Phi) is 5.79. The maximum absolute atomic E-state index is 12.4. The van der Waals surface area contributed by atoms with Crippen molar-refractivity contribution in [3.8, 4) is 5.75 Å². The molecule has 0 unspecified atom stereocenters. The minimum atomic E-state index is -0.302. The number of anilines is 1. The minimum absolute atomic E-state index is 0.0500. The fourth-order valence-corrected chi connectivity index (χ4v) is 2.58. The van der Waals surface area contributed by atoms with Gasteiger partial charge in [-0.25, -0.2) is 0 Å². The summed E-state index contributed by atoms with van der Waals surface area (Å²) < 4.78 is 6.64. The molecule has 5 nitrogen and oxygen atoms in total. The van der Waals surface area contributed by atoms with Gasteiger partial charge in [-0.15, -0.1) is 0 Å². The van der Waals surface area contributed by atoms with Crippen LogP contribution < -0.4 is 15.6 Å². The molecule has 0 aliphatic rings. The van der Waals surface area contributed by atoms with Crippen LogP contribution in [0.1, 0.15) is 37.8 Å². The van der Waals surface area contributed by atoms with E-state index in [0.29, 0.717) is 12.5 Å². The quantitative estimate of drug-likeness (QED) is 0.885. The highest BCUT2D eigenvalue weighted by molar-refractivity contribution is 5.92. The molecule has 0 radical (unpaired) electrons. The van der Waals surface area contributed by atoms with Crippen LogP contribution in [0.3, 0.4) is 0 Å². The Morgan fingerprint density at radius 2 is 2.00 bits per heavy atom. The number of para-hydroxylation sites is 1. The van der Waals surface area contributed by atoms with Crippen molar-refractivity contribution >= 4 is 11.6 Å². The van der Waals surface area contributed by atoms with Crippen molar-refractivity contribution in [3.05, 3.63) is 58.0 Å². The van der Waals surface area contributed by atoms with E-state index in [1.165, 1.54) is 4.57 Å². The third-order valence-electron chi connectivity index (χ3n) is 3.79. The fourth-order valence-electron chi connectivity index (χ4n) is 2.58. The highest BCUT2D eigenvalue weighted by Gasteiger charge is 2.13. The molecule has 0 saturated heterocycles. The summed E-state index contributed by atoms with van der Waals surface area (Å²) >= 11 is 0. The van der Waals surface area contributed by atoms with Gasteiger partial charge in [-0.1, -0.05) is 32.0 Å². The molecule has 5 heteroatoms. The standard InChI is InChI=1S/C19H24N2O3/c1-5-24-16-10-7-11-21(19(16)23)12-17(22)20-18-14(4)8-6-9-15(18)13(2)3/h6-11,13H,5,12H2,1-4H3,(H,20,22). The predicted molar refractivity (Wildman–Crippen MR) is 95.8 cm³/mol. The number of nitrogens with zero attached hydrogens (tertiary/aromatic N) is 1. The monoisotopic (exact) mass is 328 g/mol. The summed E-state index contributed by atoms with van der Waals surface area (Å²) in [7, 11) is 0. The second-order valence-electron chi connectivity index (χ2n) is 5.98. The molecule has 1 aromatic carbocycles. The zero-order valence-electron chi connectivity index (χ0n) is 14.6. The molecule has 0 bridgehead atoms. The zero-order chi connectivity index (χ0) is 17.7. The number of aromatic nitrogens is 1. The second kappa shape index (κ2) is 7.81. The number of aryl methyl sites for hydroxylation is 1. The van der Waals surface area contributed by atoms with Crippen molar-refractivity contribution in [1.82, 2.24) is 4.57 Å². The molecule has 0 atom stereocenters. The molecule has 0 spiro atoms. The molecule has 0 fully saturated rings. The number of carbonyl (C=O) groups is 1. The van der Waals surface area contributed by atoms with Gasteiger partial charge in [-0.3, -0.25) is 9.59 Å². The Balaban J connectivity index is 2.21. The lowest BCUT2D eigenvalue weighted by molar-refractivity contribution is -0.116. The van der Waals surface area contributed by atoms with Gasteiger partial charge in [0.25, 0.3) is 5.56 Å². The molecule has 1 aromatic heterocycles. The largest absolute Gasteiger partial charge is 0.488 e. The van der Waals surface area contributed by atoms with Gasteiger partial charge in [0.2, 0.25) is 5.91 Å². The molecule has 1 N–H and O–H groups in total. The molecule has 0 saturated carbocycles. The molecule has 128 valence electrons. The van der Waals surface area contributed by atoms with Crippen molar-refractivity contribution in [3.63, 3.8) is 0 Å². The van der Waals surface area contributed by atoms with Crippen molar-refractivity contribution in [2.45, 2.75) is 40.2 Å². The van der Waals surface area contributed by atoms with Gasteiger partial charge in [-0.2, -0.15) is 0 Å². The topological polar surface area (TPSA) is 60.3 Å². The molecular weight excluding hydrogens is 304 g/mol. The first-order chi connectivity index (χ1) is 11.4. The van der Waals surface area contributed by atoms with Crippen LogP contribution in [-0.4, -0.2) is 17.1 Å². The molecular formula is C19H24N2O3. The average molecular weight is 328 g/mol. The number of amides is 1. The van der Waals surface area contributed by atoms with Crippen molar-refractivity contribution in [1.29, 1.82) is 0 Å². The normalized spacial score (nSPS) is 10.7. The number of pyridine rings is 1. The Labute approximate surface area is 142 Å². The number of rotatable bonds is 6. The van der Waals surface area contributed by atoms with E-state index in [1.807, 2.05) is 32.0 Å². The van der Waals surface area contributed by atoms with Gasteiger partial charge in [0.15, 0.2) is 5.75 Å². The van der Waals surface area contributed by atoms with Crippen LogP contribution in [0.2, 0.25) is 0 Å². The van der Waals surface area contributed by atoms with Gasteiger partial charge >= 0.3 is 0 Å². The summed E-state index contributed by atoms with van der Waals surface area (Å²) in [4.78, 5) is 24.7. The van der Waals surface area contributed by atoms with Gasteiger partial charge in [-0.05, 0) is 43.0 Å². The molecule has 1 amide bonds. The third kappa shape index (κ3) is 4.04. The van der Waals surface area contributed by atoms with E-state index in [2.05, 4.69) is 19.2 Å². The van der Waals surface area contributed by atoms with E-state index in [-0.39, 0.29) is 23.8 Å². The predicted octanol–water partition coefficient (Wildman–Crippen LogP) is 3.32. The highest BCUT2D eigenvalue weighted by atomic mass is 16.5. The van der Waals surface area contributed by atoms with Gasteiger partial charge in [0.05, 0.1) is 6.61 Å². The van der Waals surface area contributed by atoms with Crippen molar-refractivity contribution in [2.24, 2.45) is 0 Å². The highest BCUT2D eigenvalue weighted by Crippen LogP contribution is 2.27. The number of nitrogens with one attached hydrogen (secondary N) is 1. The smallest absolute Gasteiger partial charge is 0.293 e. The number of benzene rings is 1. The number of carbonyl (C=O) groups excluding carboxylic acids is 1. The summed E-state index contributed by atoms with van der Waals surface area (Å²) in [6.45, 7) is 8.30. The molecule has 1 heterocycles. The Morgan fingerprint density at radius 3 is 2.67 bits per heavy atom. The summed E-state index contributed by atoms with van der Waals surface area (Å²) in [6, 6.07) is 9.26. The van der Waals surface area contributed by atoms with Crippen LogP contribution in [0.25, 0.3) is 0 Å². The van der Waals surface area contributed by atoms with E-state index in [9.17, 15) is 9.59 Å².